The second kappa shape index (κ2) is 19.4. The van der Waals surface area contributed by atoms with Gasteiger partial charge in [0.1, 0.15) is 17.2 Å². The molecule has 8 heteroatoms. The van der Waals surface area contributed by atoms with Crippen molar-refractivity contribution in [2.45, 2.75) is 70.5 Å². The Morgan fingerprint density at radius 1 is 0.589 bits per heavy atom. The average molecular weight is 754 g/mol. The third kappa shape index (κ3) is 11.3. The number of amides is 1. The lowest BCUT2D eigenvalue weighted by molar-refractivity contribution is 0.0734. The highest BCUT2D eigenvalue weighted by Crippen LogP contribution is 2.28. The van der Waals surface area contributed by atoms with Crippen molar-refractivity contribution in [2.24, 2.45) is 0 Å². The number of ether oxygens (including phenoxy) is 5. The van der Waals surface area contributed by atoms with Crippen LogP contribution in [0.4, 0.5) is 5.69 Å². The monoisotopic (exact) mass is 753 g/mol. The van der Waals surface area contributed by atoms with Crippen LogP contribution in [0.5, 0.6) is 17.2 Å². The topological polar surface area (TPSA) is 90.1 Å². The molecule has 0 aromatic heterocycles. The molecule has 2 atom stereocenters. The van der Waals surface area contributed by atoms with E-state index >= 15 is 0 Å². The van der Waals surface area contributed by atoms with Gasteiger partial charge < -0.3 is 28.6 Å². The summed E-state index contributed by atoms with van der Waals surface area (Å²) in [6.45, 7) is 5.84. The summed E-state index contributed by atoms with van der Waals surface area (Å²) in [5.74, 6) is 1.49. The van der Waals surface area contributed by atoms with Crippen LogP contribution in [0.25, 0.3) is 22.3 Å². The summed E-state index contributed by atoms with van der Waals surface area (Å²) in [7, 11) is 0. The van der Waals surface area contributed by atoms with Gasteiger partial charge in [-0.15, -0.1) is 0 Å². The summed E-state index contributed by atoms with van der Waals surface area (Å²) in [5, 5.41) is 0. The molecular weight excluding hydrogens is 703 g/mol. The molecule has 0 aliphatic carbocycles. The fourth-order valence-electron chi connectivity index (χ4n) is 6.59. The van der Waals surface area contributed by atoms with E-state index in [9.17, 15) is 9.59 Å². The molecule has 0 saturated carbocycles. The van der Waals surface area contributed by atoms with Crippen LogP contribution in [-0.4, -0.2) is 57.1 Å². The van der Waals surface area contributed by atoms with Crippen LogP contribution in [0.3, 0.4) is 0 Å². The lowest BCUT2D eigenvalue weighted by Crippen LogP contribution is -2.32. The summed E-state index contributed by atoms with van der Waals surface area (Å²) < 4.78 is 28.2. The molecule has 0 N–H and O–H groups in total. The number of carbonyl (C=O) groups is 2. The molecule has 2 saturated heterocycles. The lowest BCUT2D eigenvalue weighted by Gasteiger charge is -2.23. The van der Waals surface area contributed by atoms with E-state index in [-0.39, 0.29) is 5.91 Å². The highest BCUT2D eigenvalue weighted by molar-refractivity contribution is 6.06. The molecule has 8 nitrogen and oxygen atoms in total. The first-order valence-electron chi connectivity index (χ1n) is 20.1. The van der Waals surface area contributed by atoms with Crippen molar-refractivity contribution in [2.75, 3.05) is 37.9 Å². The molecule has 2 aliphatic rings. The first-order chi connectivity index (χ1) is 27.5. The quantitative estimate of drug-likeness (QED) is 0.0319. The average Bonchev–Trinajstić information content (AvgIpc) is 4.19. The zero-order valence-electron chi connectivity index (χ0n) is 32.2. The van der Waals surface area contributed by atoms with E-state index in [1.165, 1.54) is 0 Å². The zero-order valence-corrected chi connectivity index (χ0v) is 32.2. The van der Waals surface area contributed by atoms with Gasteiger partial charge in [-0.1, -0.05) is 67.9 Å². The van der Waals surface area contributed by atoms with Gasteiger partial charge in [0.25, 0.3) is 5.91 Å². The highest BCUT2D eigenvalue weighted by Gasteiger charge is 2.22. The molecule has 1 amide bonds. The summed E-state index contributed by atoms with van der Waals surface area (Å²) in [4.78, 5) is 28.9. The maximum atomic E-state index is 13.9. The second-order valence-corrected chi connectivity index (χ2v) is 14.5. The van der Waals surface area contributed by atoms with Gasteiger partial charge in [0.05, 0.1) is 44.2 Å². The Morgan fingerprint density at radius 2 is 1.07 bits per heavy atom. The first kappa shape index (κ1) is 38.8. The van der Waals surface area contributed by atoms with Gasteiger partial charge in [-0.25, -0.2) is 4.79 Å². The number of esters is 1. The van der Waals surface area contributed by atoms with Crippen LogP contribution in [0.2, 0.25) is 0 Å². The number of epoxide rings is 2. The van der Waals surface area contributed by atoms with Gasteiger partial charge in [-0.2, -0.15) is 0 Å². The van der Waals surface area contributed by atoms with Crippen molar-refractivity contribution in [1.82, 2.24) is 0 Å². The molecule has 7 rings (SSSR count). The van der Waals surface area contributed by atoms with Gasteiger partial charge in [0.2, 0.25) is 0 Å². The van der Waals surface area contributed by atoms with Crippen LogP contribution in [0, 0.1) is 0 Å². The SMILES string of the molecule is CCCCN(C(=O)c1ccc(-c2ccc(OCCCCC3CO3)cc2)cc1)c1cccc(OC(=O)c2ccc(-c3ccc(OCCCCC4CO4)cc3)cc2)c1. The molecule has 0 radical (unpaired) electrons. The first-order valence-corrected chi connectivity index (χ1v) is 20.1. The van der Waals surface area contributed by atoms with Crippen molar-refractivity contribution >= 4 is 17.6 Å². The third-order valence-electron chi connectivity index (χ3n) is 10.1. The maximum absolute atomic E-state index is 13.9. The summed E-state index contributed by atoms with van der Waals surface area (Å²) >= 11 is 0. The number of benzene rings is 5. The van der Waals surface area contributed by atoms with E-state index in [2.05, 4.69) is 6.92 Å². The Bertz CT molecular complexity index is 2000. The molecule has 2 unspecified atom stereocenters. The van der Waals surface area contributed by atoms with Gasteiger partial charge in [0.15, 0.2) is 0 Å². The third-order valence-corrected chi connectivity index (χ3v) is 10.1. The van der Waals surface area contributed by atoms with Gasteiger partial charge in [-0.3, -0.25) is 4.79 Å². The van der Waals surface area contributed by atoms with Crippen LogP contribution in [0.15, 0.2) is 121 Å². The van der Waals surface area contributed by atoms with E-state index in [0.717, 1.165) is 98.3 Å². The van der Waals surface area contributed by atoms with Crippen LogP contribution in [0.1, 0.15) is 79.0 Å². The van der Waals surface area contributed by atoms with E-state index < -0.39 is 5.97 Å². The second-order valence-electron chi connectivity index (χ2n) is 14.5. The largest absolute Gasteiger partial charge is 0.494 e. The molecule has 290 valence electrons. The maximum Gasteiger partial charge on any atom is 0.343 e. The molecule has 2 heterocycles. The minimum atomic E-state index is -0.466. The van der Waals surface area contributed by atoms with Crippen LogP contribution < -0.4 is 19.1 Å². The summed E-state index contributed by atoms with van der Waals surface area (Å²) in [6.07, 6.45) is 9.18. The van der Waals surface area contributed by atoms with E-state index in [1.54, 1.807) is 29.2 Å². The van der Waals surface area contributed by atoms with Gasteiger partial charge in [0, 0.05) is 23.9 Å². The molecule has 0 spiro atoms. The molecule has 5 aromatic rings. The normalized spacial score (nSPS) is 15.5. The standard InChI is InChI=1S/C48H51NO7/c1-2-3-29-49(47(50)39-17-13-35(14-18-39)37-21-25-42(26-22-37)52-30-6-4-10-45-33-54-45)41-9-8-12-44(32-41)56-48(51)40-19-15-36(16-20-40)38-23-27-43(28-24-38)53-31-7-5-11-46-34-55-46/h8-9,12-28,32,45-46H,2-7,10-11,29-31,33-34H2,1H3. The number of rotatable bonds is 21. The molecule has 2 fully saturated rings. The fraction of sp³-hybridized carbons (Fsp3) is 0.333. The number of hydrogen-bond donors (Lipinski definition) is 0. The Hall–Kier alpha value is -5.44. The van der Waals surface area contributed by atoms with Crippen molar-refractivity contribution in [1.29, 1.82) is 0 Å². The van der Waals surface area contributed by atoms with Crippen molar-refractivity contribution in [3.05, 3.63) is 132 Å². The van der Waals surface area contributed by atoms with Crippen molar-refractivity contribution < 1.29 is 33.3 Å². The fourth-order valence-corrected chi connectivity index (χ4v) is 6.59. The Morgan fingerprint density at radius 3 is 1.55 bits per heavy atom. The predicted molar refractivity (Wildman–Crippen MR) is 220 cm³/mol. The molecule has 56 heavy (non-hydrogen) atoms. The molecule has 5 aromatic carbocycles. The number of unbranched alkanes of at least 4 members (excludes halogenated alkanes) is 3. The Kier molecular flexibility index (Phi) is 13.5. The van der Waals surface area contributed by atoms with Crippen LogP contribution >= 0.6 is 0 Å². The number of anilines is 1. The summed E-state index contributed by atoms with van der Waals surface area (Å²) in [5.41, 5.74) is 5.78. The zero-order chi connectivity index (χ0) is 38.5. The van der Waals surface area contributed by atoms with E-state index in [1.807, 2.05) is 97.1 Å². The Labute approximate surface area is 330 Å². The number of carbonyl (C=O) groups excluding carboxylic acids is 2. The smallest absolute Gasteiger partial charge is 0.343 e. The minimum absolute atomic E-state index is 0.111. The summed E-state index contributed by atoms with van der Waals surface area (Å²) in [6, 6.07) is 38.3. The predicted octanol–water partition coefficient (Wildman–Crippen LogP) is 10.6. The van der Waals surface area contributed by atoms with E-state index in [0.29, 0.717) is 54.5 Å². The number of hydrogen-bond acceptors (Lipinski definition) is 7. The number of nitrogens with zero attached hydrogens (tertiary/aromatic N) is 1. The highest BCUT2D eigenvalue weighted by atomic mass is 16.6. The molecule has 2 aliphatic heterocycles. The molecular formula is C48H51NO7. The van der Waals surface area contributed by atoms with Crippen LogP contribution in [-0.2, 0) is 9.47 Å². The Balaban J connectivity index is 0.929. The van der Waals surface area contributed by atoms with Gasteiger partial charge in [-0.05, 0) is 128 Å². The molecule has 0 bridgehead atoms. The van der Waals surface area contributed by atoms with Crippen molar-refractivity contribution in [3.63, 3.8) is 0 Å². The minimum Gasteiger partial charge on any atom is -0.494 e. The van der Waals surface area contributed by atoms with Gasteiger partial charge >= 0.3 is 5.97 Å². The van der Waals surface area contributed by atoms with Crippen molar-refractivity contribution in [3.8, 4) is 39.5 Å². The lowest BCUT2D eigenvalue weighted by atomic mass is 10.0. The van der Waals surface area contributed by atoms with E-state index in [4.69, 9.17) is 23.7 Å².